The molecule has 4 heteroatoms. The Bertz CT molecular complexity index is 202. The van der Waals surface area contributed by atoms with Gasteiger partial charge < -0.3 is 15.8 Å². The van der Waals surface area contributed by atoms with Crippen LogP contribution in [0, 0.1) is 0 Å². The zero-order valence-electron chi connectivity index (χ0n) is 6.38. The number of piperidine rings is 1. The summed E-state index contributed by atoms with van der Waals surface area (Å²) in [7, 11) is 0. The maximum Gasteiger partial charge on any atom is 0.163 e. The van der Waals surface area contributed by atoms with Gasteiger partial charge in [-0.1, -0.05) is 0 Å². The maximum atomic E-state index is 9.29. The summed E-state index contributed by atoms with van der Waals surface area (Å²) in [6.45, 7) is 0.965. The molecule has 1 saturated heterocycles. The lowest BCUT2D eigenvalue weighted by molar-refractivity contribution is 0.102. The number of nitrogens with one attached hydrogen (secondary N) is 1. The Kier molecular flexibility index (Phi) is 1.51. The second kappa shape index (κ2) is 2.39. The van der Waals surface area contributed by atoms with Crippen molar-refractivity contribution in [1.29, 1.82) is 0 Å². The summed E-state index contributed by atoms with van der Waals surface area (Å²) in [4.78, 5) is 0. The molecule has 1 fully saturated rings. The number of hydrogen-bond donors (Lipinski definition) is 3. The molecule has 0 aromatic carbocycles. The molecule has 62 valence electrons. The van der Waals surface area contributed by atoms with Crippen molar-refractivity contribution < 1.29 is 5.11 Å². The topological polar surface area (TPSA) is 61.5 Å². The quantitative estimate of drug-likeness (QED) is 0.440. The predicted octanol–water partition coefficient (Wildman–Crippen LogP) is -0.521. The summed E-state index contributed by atoms with van der Waals surface area (Å²) in [5.74, 6) is 0. The lowest BCUT2D eigenvalue weighted by Gasteiger charge is -2.26. The fourth-order valence-corrected chi connectivity index (χ4v) is 1.65. The van der Waals surface area contributed by atoms with Gasteiger partial charge in [0.15, 0.2) is 6.23 Å². The van der Waals surface area contributed by atoms with Gasteiger partial charge in [0.2, 0.25) is 0 Å². The van der Waals surface area contributed by atoms with Crippen molar-refractivity contribution in [2.75, 3.05) is 6.54 Å². The Labute approximate surface area is 65.6 Å². The Balaban J connectivity index is 2.22. The molecule has 1 unspecified atom stereocenters. The molecule has 11 heavy (non-hydrogen) atoms. The third-order valence-electron chi connectivity index (χ3n) is 2.28. The highest BCUT2D eigenvalue weighted by molar-refractivity contribution is 5.19. The molecular formula is C7H13N3O. The van der Waals surface area contributed by atoms with Gasteiger partial charge in [-0.05, 0) is 19.3 Å². The van der Waals surface area contributed by atoms with Gasteiger partial charge >= 0.3 is 0 Å². The van der Waals surface area contributed by atoms with Crippen LogP contribution in [0.15, 0.2) is 11.4 Å². The molecule has 2 heterocycles. The van der Waals surface area contributed by atoms with Crippen LogP contribution >= 0.6 is 0 Å². The van der Waals surface area contributed by atoms with Gasteiger partial charge in [0.1, 0.15) is 0 Å². The highest BCUT2D eigenvalue weighted by atomic mass is 16.3. The first kappa shape index (κ1) is 6.94. The van der Waals surface area contributed by atoms with Gasteiger partial charge in [0.05, 0.1) is 11.4 Å². The highest BCUT2D eigenvalue weighted by Gasteiger charge is 2.28. The van der Waals surface area contributed by atoms with E-state index in [1.807, 2.05) is 5.01 Å². The maximum absolute atomic E-state index is 9.29. The second-order valence-electron chi connectivity index (χ2n) is 3.04. The van der Waals surface area contributed by atoms with Crippen LogP contribution in [0.1, 0.15) is 19.3 Å². The monoisotopic (exact) mass is 155 g/mol. The van der Waals surface area contributed by atoms with Gasteiger partial charge in [0, 0.05) is 6.54 Å². The van der Waals surface area contributed by atoms with Crippen molar-refractivity contribution in [2.24, 2.45) is 5.73 Å². The molecule has 0 aliphatic carbocycles. The lowest BCUT2D eigenvalue weighted by Crippen LogP contribution is -2.39. The molecule has 2 aliphatic rings. The number of allylic oxidation sites excluding steroid dienone is 1. The van der Waals surface area contributed by atoms with Crippen LogP contribution in [0.4, 0.5) is 0 Å². The third-order valence-corrected chi connectivity index (χ3v) is 2.28. The van der Waals surface area contributed by atoms with E-state index in [4.69, 9.17) is 5.73 Å². The van der Waals surface area contributed by atoms with Gasteiger partial charge in [-0.15, -0.1) is 0 Å². The Morgan fingerprint density at radius 1 is 1.55 bits per heavy atom. The third kappa shape index (κ3) is 0.985. The molecule has 1 atom stereocenters. The van der Waals surface area contributed by atoms with E-state index in [0.29, 0.717) is 5.70 Å². The SMILES string of the molecule is NC1=C2CCCCN2NC1O. The molecule has 0 spiro atoms. The van der Waals surface area contributed by atoms with E-state index in [-0.39, 0.29) is 0 Å². The molecule has 4 nitrogen and oxygen atoms in total. The number of fused-ring (bicyclic) bond motifs is 1. The summed E-state index contributed by atoms with van der Waals surface area (Å²) >= 11 is 0. The van der Waals surface area contributed by atoms with Crippen LogP contribution in [0.3, 0.4) is 0 Å². The fourth-order valence-electron chi connectivity index (χ4n) is 1.65. The number of hydrogen-bond acceptors (Lipinski definition) is 4. The number of nitrogens with zero attached hydrogens (tertiary/aromatic N) is 1. The van der Waals surface area contributed by atoms with Gasteiger partial charge in [0.25, 0.3) is 0 Å². The summed E-state index contributed by atoms with van der Waals surface area (Å²) in [5, 5.41) is 11.3. The van der Waals surface area contributed by atoms with Crippen molar-refractivity contribution >= 4 is 0 Å². The van der Waals surface area contributed by atoms with Gasteiger partial charge in [-0.3, -0.25) is 0 Å². The normalized spacial score (nSPS) is 31.0. The van der Waals surface area contributed by atoms with Gasteiger partial charge in [-0.25, -0.2) is 5.43 Å². The molecule has 0 aromatic rings. The predicted molar refractivity (Wildman–Crippen MR) is 40.9 cm³/mol. The van der Waals surface area contributed by atoms with Crippen molar-refractivity contribution in [3.05, 3.63) is 11.4 Å². The Morgan fingerprint density at radius 3 is 3.09 bits per heavy atom. The summed E-state index contributed by atoms with van der Waals surface area (Å²) in [6, 6.07) is 0. The highest BCUT2D eigenvalue weighted by Crippen LogP contribution is 2.25. The zero-order valence-corrected chi connectivity index (χ0v) is 6.38. The van der Waals surface area contributed by atoms with Gasteiger partial charge in [-0.2, -0.15) is 0 Å². The van der Waals surface area contributed by atoms with E-state index in [0.717, 1.165) is 18.7 Å². The number of hydrazine groups is 1. The summed E-state index contributed by atoms with van der Waals surface area (Å²) < 4.78 is 0. The van der Waals surface area contributed by atoms with Crippen LogP contribution < -0.4 is 11.2 Å². The van der Waals surface area contributed by atoms with E-state index in [1.165, 1.54) is 12.8 Å². The first-order chi connectivity index (χ1) is 5.29. The van der Waals surface area contributed by atoms with E-state index in [2.05, 4.69) is 5.43 Å². The number of aliphatic hydroxyl groups is 1. The summed E-state index contributed by atoms with van der Waals surface area (Å²) in [6.07, 6.45) is 2.70. The molecule has 0 aromatic heterocycles. The molecule has 2 aliphatic heterocycles. The van der Waals surface area contributed by atoms with Crippen LogP contribution in [-0.2, 0) is 0 Å². The second-order valence-corrected chi connectivity index (χ2v) is 3.04. The first-order valence-corrected chi connectivity index (χ1v) is 3.99. The average Bonchev–Trinajstić information content (AvgIpc) is 2.30. The summed E-state index contributed by atoms with van der Waals surface area (Å²) in [5.41, 5.74) is 10.2. The van der Waals surface area contributed by atoms with Crippen molar-refractivity contribution in [1.82, 2.24) is 10.4 Å². The van der Waals surface area contributed by atoms with Crippen LogP contribution in [0.25, 0.3) is 0 Å². The van der Waals surface area contributed by atoms with Crippen molar-refractivity contribution in [2.45, 2.75) is 25.5 Å². The van der Waals surface area contributed by atoms with Crippen LogP contribution in [0.5, 0.6) is 0 Å². The van der Waals surface area contributed by atoms with Crippen molar-refractivity contribution in [3.8, 4) is 0 Å². The smallest absolute Gasteiger partial charge is 0.163 e. The number of aliphatic hydroxyl groups excluding tert-OH is 1. The number of nitrogens with two attached hydrogens (primary N) is 1. The largest absolute Gasteiger partial charge is 0.397 e. The minimum absolute atomic E-state index is 0.602. The molecule has 0 amide bonds. The minimum Gasteiger partial charge on any atom is -0.397 e. The first-order valence-electron chi connectivity index (χ1n) is 3.99. The Morgan fingerprint density at radius 2 is 2.36 bits per heavy atom. The molecule has 0 bridgehead atoms. The fraction of sp³-hybridized carbons (Fsp3) is 0.714. The van der Waals surface area contributed by atoms with Crippen molar-refractivity contribution in [3.63, 3.8) is 0 Å². The molecule has 0 saturated carbocycles. The van der Waals surface area contributed by atoms with Crippen LogP contribution in [0.2, 0.25) is 0 Å². The van der Waals surface area contributed by atoms with Crippen LogP contribution in [-0.4, -0.2) is 22.9 Å². The van der Waals surface area contributed by atoms with E-state index < -0.39 is 6.23 Å². The van der Waals surface area contributed by atoms with E-state index in [1.54, 1.807) is 0 Å². The average molecular weight is 155 g/mol. The molecule has 0 radical (unpaired) electrons. The van der Waals surface area contributed by atoms with E-state index in [9.17, 15) is 5.11 Å². The number of rotatable bonds is 0. The Hall–Kier alpha value is -0.740. The van der Waals surface area contributed by atoms with E-state index >= 15 is 0 Å². The molecular weight excluding hydrogens is 142 g/mol. The lowest BCUT2D eigenvalue weighted by atomic mass is 10.1. The standard InChI is InChI=1S/C7H13N3O/c8-6-5-3-1-2-4-10(5)9-7(6)11/h7,9,11H,1-4,8H2. The molecule has 2 rings (SSSR count). The molecule has 4 N–H and O–H groups in total. The zero-order chi connectivity index (χ0) is 7.84. The minimum atomic E-state index is -0.650.